The number of aromatic nitrogens is 2. The van der Waals surface area contributed by atoms with E-state index in [1.807, 2.05) is 6.07 Å². The lowest BCUT2D eigenvalue weighted by molar-refractivity contribution is -0.144. The number of benzene rings is 1. The number of nitrogen functional groups attached to an aromatic ring is 2. The number of anilines is 2. The summed E-state index contributed by atoms with van der Waals surface area (Å²) < 4.78 is 5.22. The van der Waals surface area contributed by atoms with E-state index in [0.717, 1.165) is 0 Å². The van der Waals surface area contributed by atoms with Crippen molar-refractivity contribution in [3.05, 3.63) is 28.8 Å². The quantitative estimate of drug-likeness (QED) is 0.765. The second kappa shape index (κ2) is 6.37. The number of carboxylic acids is 1. The molecule has 1 heterocycles. The summed E-state index contributed by atoms with van der Waals surface area (Å²) in [6.07, 6.45) is -1.06. The van der Waals surface area contributed by atoms with Crippen molar-refractivity contribution in [2.75, 3.05) is 11.5 Å². The lowest BCUT2D eigenvalue weighted by atomic mass is 10.1. The number of rotatable bonds is 4. The van der Waals surface area contributed by atoms with Crippen molar-refractivity contribution >= 4 is 29.3 Å². The summed E-state index contributed by atoms with van der Waals surface area (Å²) in [5.74, 6) is -1.04. The van der Waals surface area contributed by atoms with Gasteiger partial charge in [-0.3, -0.25) is 0 Å². The van der Waals surface area contributed by atoms with Gasteiger partial charge in [0.05, 0.1) is 10.7 Å². The number of ether oxygens (including phenoxy) is 1. The molecule has 2 aromatic rings. The molecular formula is C14H12ClN5O3. The predicted molar refractivity (Wildman–Crippen MR) is 83.7 cm³/mol. The first-order valence-electron chi connectivity index (χ1n) is 6.36. The minimum atomic E-state index is -1.12. The highest BCUT2D eigenvalue weighted by atomic mass is 35.5. The molecule has 0 amide bonds. The number of nitriles is 1. The molecule has 5 N–H and O–H groups in total. The van der Waals surface area contributed by atoms with Crippen LogP contribution in [0.1, 0.15) is 12.5 Å². The molecule has 23 heavy (non-hydrogen) atoms. The van der Waals surface area contributed by atoms with Gasteiger partial charge in [0.2, 0.25) is 5.95 Å². The van der Waals surface area contributed by atoms with E-state index in [-0.39, 0.29) is 33.8 Å². The van der Waals surface area contributed by atoms with E-state index >= 15 is 0 Å². The van der Waals surface area contributed by atoms with Crippen LogP contribution in [0.25, 0.3) is 11.3 Å². The lowest BCUT2D eigenvalue weighted by Gasteiger charge is -2.13. The van der Waals surface area contributed by atoms with Gasteiger partial charge in [0, 0.05) is 5.56 Å². The molecule has 0 saturated heterocycles. The average Bonchev–Trinajstić information content (AvgIpc) is 2.48. The minimum Gasteiger partial charge on any atom is -0.479 e. The molecule has 0 fully saturated rings. The number of hydrogen-bond donors (Lipinski definition) is 3. The zero-order valence-corrected chi connectivity index (χ0v) is 12.7. The number of hydrogen-bond acceptors (Lipinski definition) is 7. The summed E-state index contributed by atoms with van der Waals surface area (Å²) in [7, 11) is 0. The van der Waals surface area contributed by atoms with E-state index in [2.05, 4.69) is 9.97 Å². The molecule has 0 aliphatic heterocycles. The van der Waals surface area contributed by atoms with Crippen LogP contribution in [0.2, 0.25) is 5.02 Å². The Labute approximate surface area is 136 Å². The number of aliphatic carboxylic acids is 1. The third-order valence-corrected chi connectivity index (χ3v) is 3.22. The molecule has 0 spiro atoms. The molecule has 1 aromatic heterocycles. The molecule has 0 radical (unpaired) electrons. The predicted octanol–water partition coefficient (Wildman–Crippen LogP) is 1.68. The summed E-state index contributed by atoms with van der Waals surface area (Å²) in [6, 6.07) is 6.44. The highest BCUT2D eigenvalue weighted by molar-refractivity contribution is 6.32. The zero-order chi connectivity index (χ0) is 17.1. The lowest BCUT2D eigenvalue weighted by Crippen LogP contribution is -2.22. The van der Waals surface area contributed by atoms with E-state index in [0.29, 0.717) is 5.56 Å². The second-order valence-electron chi connectivity index (χ2n) is 4.55. The fraction of sp³-hybridized carbons (Fsp3) is 0.143. The van der Waals surface area contributed by atoms with Gasteiger partial charge >= 0.3 is 5.97 Å². The third kappa shape index (κ3) is 3.41. The molecule has 1 aromatic carbocycles. The summed E-state index contributed by atoms with van der Waals surface area (Å²) in [5, 5.41) is 18.2. The van der Waals surface area contributed by atoms with Crippen LogP contribution in [0.15, 0.2) is 18.2 Å². The van der Waals surface area contributed by atoms with Crippen molar-refractivity contribution in [1.29, 1.82) is 5.26 Å². The summed E-state index contributed by atoms with van der Waals surface area (Å²) >= 11 is 6.10. The summed E-state index contributed by atoms with van der Waals surface area (Å²) in [4.78, 5) is 18.5. The number of nitrogens with zero attached hydrogens (tertiary/aromatic N) is 3. The molecule has 1 atom stereocenters. The maximum atomic E-state index is 10.8. The summed E-state index contributed by atoms with van der Waals surface area (Å²) in [5.41, 5.74) is 12.0. The Morgan fingerprint density at radius 3 is 2.70 bits per heavy atom. The normalized spacial score (nSPS) is 11.5. The van der Waals surface area contributed by atoms with Crippen molar-refractivity contribution < 1.29 is 14.6 Å². The Morgan fingerprint density at radius 1 is 1.43 bits per heavy atom. The van der Waals surface area contributed by atoms with E-state index in [4.69, 9.17) is 32.9 Å². The van der Waals surface area contributed by atoms with E-state index < -0.39 is 12.1 Å². The maximum absolute atomic E-state index is 10.8. The Kier molecular flexibility index (Phi) is 4.52. The second-order valence-corrected chi connectivity index (χ2v) is 4.95. The molecule has 0 aliphatic carbocycles. The zero-order valence-electron chi connectivity index (χ0n) is 11.9. The smallest absolute Gasteiger partial charge is 0.344 e. The molecular weight excluding hydrogens is 322 g/mol. The van der Waals surface area contributed by atoms with Crippen molar-refractivity contribution in [2.45, 2.75) is 13.0 Å². The van der Waals surface area contributed by atoms with Crippen LogP contribution in [0.4, 0.5) is 11.8 Å². The third-order valence-electron chi connectivity index (χ3n) is 2.92. The first-order valence-corrected chi connectivity index (χ1v) is 6.73. The Balaban J connectivity index is 2.46. The van der Waals surface area contributed by atoms with Crippen LogP contribution >= 0.6 is 11.6 Å². The van der Waals surface area contributed by atoms with Gasteiger partial charge in [0.15, 0.2) is 6.10 Å². The fourth-order valence-corrected chi connectivity index (χ4v) is 2.02. The van der Waals surface area contributed by atoms with E-state index in [1.54, 1.807) is 6.07 Å². The maximum Gasteiger partial charge on any atom is 0.344 e. The first-order chi connectivity index (χ1) is 10.8. The van der Waals surface area contributed by atoms with E-state index in [1.165, 1.54) is 19.1 Å². The molecule has 1 unspecified atom stereocenters. The molecule has 0 bridgehead atoms. The van der Waals surface area contributed by atoms with Crippen LogP contribution < -0.4 is 16.2 Å². The Bertz CT molecular complexity index is 819. The van der Waals surface area contributed by atoms with Crippen LogP contribution in [-0.4, -0.2) is 27.1 Å². The van der Waals surface area contributed by atoms with Crippen LogP contribution in [-0.2, 0) is 4.79 Å². The molecule has 0 saturated carbocycles. The van der Waals surface area contributed by atoms with Gasteiger partial charge in [-0.25, -0.2) is 9.78 Å². The standard InChI is InChI=1S/C14H12ClN5O3/c1-6(13(21)22)23-10-3-2-7(4-9(10)15)11-8(5-16)12(17)20-14(18)19-11/h2-4,6H,1H3,(H,21,22)(H4,17,18,19,20). The highest BCUT2D eigenvalue weighted by Crippen LogP contribution is 2.32. The molecule has 2 rings (SSSR count). The van der Waals surface area contributed by atoms with Gasteiger partial charge < -0.3 is 21.3 Å². The van der Waals surface area contributed by atoms with Crippen LogP contribution in [0.3, 0.4) is 0 Å². The fourth-order valence-electron chi connectivity index (χ4n) is 1.80. The number of carboxylic acid groups (broad SMARTS) is 1. The van der Waals surface area contributed by atoms with Gasteiger partial charge in [-0.1, -0.05) is 11.6 Å². The van der Waals surface area contributed by atoms with Gasteiger partial charge in [0.25, 0.3) is 0 Å². The molecule has 9 heteroatoms. The molecule has 118 valence electrons. The number of carbonyl (C=O) groups is 1. The monoisotopic (exact) mass is 333 g/mol. The first kappa shape index (κ1) is 16.3. The number of halogens is 1. The Morgan fingerprint density at radius 2 is 2.13 bits per heavy atom. The molecule has 0 aliphatic rings. The van der Waals surface area contributed by atoms with Gasteiger partial charge in [-0.15, -0.1) is 0 Å². The SMILES string of the molecule is CC(Oc1ccc(-c2nc(N)nc(N)c2C#N)cc1Cl)C(=O)O. The number of nitrogens with two attached hydrogens (primary N) is 2. The van der Waals surface area contributed by atoms with Gasteiger partial charge in [-0.2, -0.15) is 10.2 Å². The van der Waals surface area contributed by atoms with Gasteiger partial charge in [-0.05, 0) is 25.1 Å². The van der Waals surface area contributed by atoms with Crippen molar-refractivity contribution in [3.63, 3.8) is 0 Å². The Hall–Kier alpha value is -3.05. The van der Waals surface area contributed by atoms with Crippen LogP contribution in [0.5, 0.6) is 5.75 Å². The van der Waals surface area contributed by atoms with Crippen molar-refractivity contribution in [3.8, 4) is 23.1 Å². The van der Waals surface area contributed by atoms with Crippen molar-refractivity contribution in [1.82, 2.24) is 9.97 Å². The summed E-state index contributed by atoms with van der Waals surface area (Å²) in [6.45, 7) is 1.38. The average molecular weight is 334 g/mol. The topological polar surface area (TPSA) is 148 Å². The van der Waals surface area contributed by atoms with Crippen LogP contribution in [0, 0.1) is 11.3 Å². The largest absolute Gasteiger partial charge is 0.479 e. The van der Waals surface area contributed by atoms with E-state index in [9.17, 15) is 10.1 Å². The minimum absolute atomic E-state index is 0.0362. The molecule has 8 nitrogen and oxygen atoms in total. The van der Waals surface area contributed by atoms with Crippen molar-refractivity contribution in [2.24, 2.45) is 0 Å². The van der Waals surface area contributed by atoms with Gasteiger partial charge in [0.1, 0.15) is 23.2 Å². The highest BCUT2D eigenvalue weighted by Gasteiger charge is 2.17.